The Morgan fingerprint density at radius 3 is 2.76 bits per heavy atom. The van der Waals surface area contributed by atoms with E-state index in [0.29, 0.717) is 11.4 Å². The largest absolute Gasteiger partial charge is 0.508 e. The Kier molecular flexibility index (Phi) is 2.26. The number of aromatic nitrogens is 3. The molecule has 0 bridgehead atoms. The highest BCUT2D eigenvalue weighted by molar-refractivity contribution is 7.21. The van der Waals surface area contributed by atoms with Gasteiger partial charge >= 0.3 is 0 Å². The van der Waals surface area contributed by atoms with Crippen LogP contribution in [-0.2, 0) is 0 Å². The molecule has 3 rings (SSSR count). The average Bonchev–Trinajstić information content (AvgIpc) is 2.76. The second-order valence-corrected chi connectivity index (χ2v) is 4.68. The number of thiazole rings is 1. The van der Waals surface area contributed by atoms with E-state index in [2.05, 4.69) is 15.0 Å². The SMILES string of the molecule is Cc1cc(-c2nc3nccnc3s2)ccc1O. The molecule has 0 atom stereocenters. The Bertz CT molecular complexity index is 660. The van der Waals surface area contributed by atoms with Gasteiger partial charge in [0.1, 0.15) is 10.8 Å². The summed E-state index contributed by atoms with van der Waals surface area (Å²) in [7, 11) is 0. The zero-order chi connectivity index (χ0) is 11.8. The summed E-state index contributed by atoms with van der Waals surface area (Å²) in [4.78, 5) is 13.6. The van der Waals surface area contributed by atoms with E-state index in [0.717, 1.165) is 21.0 Å². The normalized spacial score (nSPS) is 10.9. The Morgan fingerprint density at radius 1 is 1.18 bits per heavy atom. The Hall–Kier alpha value is -2.01. The highest BCUT2D eigenvalue weighted by Crippen LogP contribution is 2.30. The first-order valence-electron chi connectivity index (χ1n) is 5.11. The number of hydrogen-bond acceptors (Lipinski definition) is 5. The summed E-state index contributed by atoms with van der Waals surface area (Å²) in [6.45, 7) is 1.86. The van der Waals surface area contributed by atoms with Crippen LogP contribution >= 0.6 is 11.3 Å². The number of aryl methyl sites for hydroxylation is 1. The second-order valence-electron chi connectivity index (χ2n) is 3.71. The van der Waals surface area contributed by atoms with Crippen LogP contribution in [-0.4, -0.2) is 20.1 Å². The van der Waals surface area contributed by atoms with E-state index >= 15 is 0 Å². The zero-order valence-corrected chi connectivity index (χ0v) is 9.90. The number of fused-ring (bicyclic) bond motifs is 1. The number of hydrogen-bond donors (Lipinski definition) is 1. The van der Waals surface area contributed by atoms with E-state index in [1.54, 1.807) is 18.5 Å². The van der Waals surface area contributed by atoms with Gasteiger partial charge in [0.05, 0.1) is 0 Å². The molecular weight excluding hydrogens is 234 g/mol. The van der Waals surface area contributed by atoms with Gasteiger partial charge in [-0.2, -0.15) is 0 Å². The molecule has 0 aliphatic rings. The molecule has 0 saturated heterocycles. The van der Waals surface area contributed by atoms with Crippen molar-refractivity contribution >= 4 is 21.8 Å². The average molecular weight is 243 g/mol. The zero-order valence-electron chi connectivity index (χ0n) is 9.08. The van der Waals surface area contributed by atoms with Crippen molar-refractivity contribution in [1.29, 1.82) is 0 Å². The van der Waals surface area contributed by atoms with Gasteiger partial charge in [0.2, 0.25) is 0 Å². The van der Waals surface area contributed by atoms with Crippen molar-refractivity contribution in [2.75, 3.05) is 0 Å². The third kappa shape index (κ3) is 1.74. The summed E-state index contributed by atoms with van der Waals surface area (Å²) >= 11 is 1.50. The molecule has 1 N–H and O–H groups in total. The van der Waals surface area contributed by atoms with Crippen molar-refractivity contribution in [3.63, 3.8) is 0 Å². The lowest BCUT2D eigenvalue weighted by molar-refractivity contribution is 0.471. The van der Waals surface area contributed by atoms with Gasteiger partial charge in [-0.25, -0.2) is 15.0 Å². The van der Waals surface area contributed by atoms with Gasteiger partial charge in [0.15, 0.2) is 10.5 Å². The fourth-order valence-electron chi connectivity index (χ4n) is 1.59. The molecule has 17 heavy (non-hydrogen) atoms. The molecule has 0 spiro atoms. The molecule has 0 aliphatic carbocycles. The van der Waals surface area contributed by atoms with Crippen LogP contribution < -0.4 is 0 Å². The molecule has 0 radical (unpaired) electrons. The summed E-state index contributed by atoms with van der Waals surface area (Å²) in [6.07, 6.45) is 3.29. The van der Waals surface area contributed by atoms with E-state index in [4.69, 9.17) is 0 Å². The molecule has 1 aromatic carbocycles. The molecular formula is C12H9N3OS. The van der Waals surface area contributed by atoms with E-state index in [1.165, 1.54) is 11.3 Å². The summed E-state index contributed by atoms with van der Waals surface area (Å²) < 4.78 is 0. The minimum absolute atomic E-state index is 0.297. The van der Waals surface area contributed by atoms with Gasteiger partial charge in [0.25, 0.3) is 0 Å². The Morgan fingerprint density at radius 2 is 2.00 bits per heavy atom. The van der Waals surface area contributed by atoms with E-state index in [9.17, 15) is 5.11 Å². The van der Waals surface area contributed by atoms with Crippen LogP contribution in [0.25, 0.3) is 21.0 Å². The lowest BCUT2D eigenvalue weighted by Crippen LogP contribution is -1.80. The molecule has 0 saturated carbocycles. The molecule has 0 unspecified atom stereocenters. The minimum Gasteiger partial charge on any atom is -0.508 e. The number of phenolic OH excluding ortho intramolecular Hbond substituents is 1. The van der Waals surface area contributed by atoms with E-state index in [-0.39, 0.29) is 0 Å². The van der Waals surface area contributed by atoms with Crippen LogP contribution in [0.15, 0.2) is 30.6 Å². The summed E-state index contributed by atoms with van der Waals surface area (Å²) in [5.41, 5.74) is 2.48. The van der Waals surface area contributed by atoms with Crippen LogP contribution in [0.3, 0.4) is 0 Å². The monoisotopic (exact) mass is 243 g/mol. The smallest absolute Gasteiger partial charge is 0.190 e. The van der Waals surface area contributed by atoms with Gasteiger partial charge in [-0.3, -0.25) is 0 Å². The van der Waals surface area contributed by atoms with Crippen molar-refractivity contribution in [3.05, 3.63) is 36.2 Å². The van der Waals surface area contributed by atoms with Crippen molar-refractivity contribution in [2.45, 2.75) is 6.92 Å². The minimum atomic E-state index is 0.297. The number of nitrogens with zero attached hydrogens (tertiary/aromatic N) is 3. The fraction of sp³-hybridized carbons (Fsp3) is 0.0833. The molecule has 2 aromatic heterocycles. The van der Waals surface area contributed by atoms with Gasteiger partial charge in [0, 0.05) is 18.0 Å². The molecule has 4 nitrogen and oxygen atoms in total. The molecule has 2 heterocycles. The number of phenols is 1. The fourth-order valence-corrected chi connectivity index (χ4v) is 2.45. The van der Waals surface area contributed by atoms with Gasteiger partial charge in [-0.05, 0) is 30.7 Å². The quantitative estimate of drug-likeness (QED) is 0.714. The van der Waals surface area contributed by atoms with E-state index < -0.39 is 0 Å². The lowest BCUT2D eigenvalue weighted by Gasteiger charge is -2.00. The predicted octanol–water partition coefficient (Wildman–Crippen LogP) is 2.77. The van der Waals surface area contributed by atoms with Crippen molar-refractivity contribution < 1.29 is 5.11 Å². The standard InChI is InChI=1S/C12H9N3OS/c1-7-6-8(2-3-9(7)16)11-15-10-12(17-11)14-5-4-13-10/h2-6,16H,1H3. The van der Waals surface area contributed by atoms with Crippen LogP contribution in [0.1, 0.15) is 5.56 Å². The Balaban J connectivity index is 2.17. The lowest BCUT2D eigenvalue weighted by atomic mass is 10.1. The molecule has 84 valence electrons. The third-order valence-corrected chi connectivity index (χ3v) is 3.49. The molecule has 0 amide bonds. The summed E-state index contributed by atoms with van der Waals surface area (Å²) in [5.74, 6) is 0.297. The topological polar surface area (TPSA) is 58.9 Å². The predicted molar refractivity (Wildman–Crippen MR) is 67.0 cm³/mol. The van der Waals surface area contributed by atoms with Gasteiger partial charge < -0.3 is 5.11 Å². The van der Waals surface area contributed by atoms with Crippen LogP contribution in [0, 0.1) is 6.92 Å². The van der Waals surface area contributed by atoms with Crippen molar-refractivity contribution in [1.82, 2.24) is 15.0 Å². The molecule has 5 heteroatoms. The number of benzene rings is 1. The summed E-state index contributed by atoms with van der Waals surface area (Å²) in [5, 5.41) is 10.4. The first kappa shape index (κ1) is 10.2. The van der Waals surface area contributed by atoms with Crippen molar-refractivity contribution in [2.24, 2.45) is 0 Å². The van der Waals surface area contributed by atoms with E-state index in [1.807, 2.05) is 19.1 Å². The number of aromatic hydroxyl groups is 1. The third-order valence-electron chi connectivity index (χ3n) is 2.49. The van der Waals surface area contributed by atoms with Crippen LogP contribution in [0.2, 0.25) is 0 Å². The number of rotatable bonds is 1. The van der Waals surface area contributed by atoms with Gasteiger partial charge in [-0.1, -0.05) is 11.3 Å². The maximum atomic E-state index is 9.49. The van der Waals surface area contributed by atoms with Crippen LogP contribution in [0.5, 0.6) is 5.75 Å². The maximum absolute atomic E-state index is 9.49. The van der Waals surface area contributed by atoms with Gasteiger partial charge in [-0.15, -0.1) is 0 Å². The summed E-state index contributed by atoms with van der Waals surface area (Å²) in [6, 6.07) is 5.44. The Labute approximate surface area is 102 Å². The van der Waals surface area contributed by atoms with Crippen LogP contribution in [0.4, 0.5) is 0 Å². The molecule has 0 fully saturated rings. The molecule has 0 aliphatic heterocycles. The second kappa shape index (κ2) is 3.78. The molecule has 3 aromatic rings. The van der Waals surface area contributed by atoms with Crippen molar-refractivity contribution in [3.8, 4) is 16.3 Å². The maximum Gasteiger partial charge on any atom is 0.190 e. The first-order valence-corrected chi connectivity index (χ1v) is 5.93. The highest BCUT2D eigenvalue weighted by Gasteiger charge is 2.08. The highest BCUT2D eigenvalue weighted by atomic mass is 32.1. The first-order chi connectivity index (χ1) is 8.24.